The van der Waals surface area contributed by atoms with Crippen molar-refractivity contribution in [3.63, 3.8) is 0 Å². The van der Waals surface area contributed by atoms with Crippen LogP contribution in [-0.2, 0) is 11.3 Å². The highest BCUT2D eigenvalue weighted by Gasteiger charge is 2.31. The van der Waals surface area contributed by atoms with Crippen LogP contribution in [0, 0.1) is 0 Å². The van der Waals surface area contributed by atoms with Crippen molar-refractivity contribution in [3.05, 3.63) is 29.5 Å². The van der Waals surface area contributed by atoms with Crippen molar-refractivity contribution in [2.24, 2.45) is 0 Å². The molecular formula is C16H20N2O3S. The van der Waals surface area contributed by atoms with Crippen LogP contribution in [0.2, 0.25) is 0 Å². The number of nitrogens with zero attached hydrogens (tertiary/aromatic N) is 1. The van der Waals surface area contributed by atoms with Crippen LogP contribution in [0.15, 0.2) is 28.2 Å². The summed E-state index contributed by atoms with van der Waals surface area (Å²) < 4.78 is 5.41. The minimum atomic E-state index is -0.825. The first-order valence-corrected chi connectivity index (χ1v) is 8.50. The first kappa shape index (κ1) is 15.2. The van der Waals surface area contributed by atoms with Gasteiger partial charge in [-0.15, -0.1) is 11.3 Å². The van der Waals surface area contributed by atoms with E-state index in [0.717, 1.165) is 24.1 Å². The van der Waals surface area contributed by atoms with Gasteiger partial charge in [-0.3, -0.25) is 4.79 Å². The summed E-state index contributed by atoms with van der Waals surface area (Å²) in [5, 5.41) is 15.2. The van der Waals surface area contributed by atoms with Gasteiger partial charge in [-0.05, 0) is 24.3 Å². The summed E-state index contributed by atoms with van der Waals surface area (Å²) >= 11 is 1.56. The Morgan fingerprint density at radius 3 is 2.95 bits per heavy atom. The number of hydrogen-bond donors (Lipinski definition) is 2. The van der Waals surface area contributed by atoms with Gasteiger partial charge >= 0.3 is 0 Å². The zero-order chi connectivity index (χ0) is 15.4. The Bertz CT molecular complexity index is 615. The van der Waals surface area contributed by atoms with Gasteiger partial charge in [0.05, 0.1) is 29.1 Å². The average Bonchev–Trinajstić information content (AvgIpc) is 3.16. The van der Waals surface area contributed by atoms with E-state index in [1.807, 2.05) is 17.5 Å². The number of nitrogens with one attached hydrogen (secondary N) is 1. The zero-order valence-electron chi connectivity index (χ0n) is 12.4. The summed E-state index contributed by atoms with van der Waals surface area (Å²) in [6, 6.07) is 3.88. The number of amides is 1. The van der Waals surface area contributed by atoms with Crippen LogP contribution in [0.3, 0.4) is 0 Å². The largest absolute Gasteiger partial charge is 0.443 e. The molecule has 0 radical (unpaired) electrons. The van der Waals surface area contributed by atoms with Gasteiger partial charge in [-0.2, -0.15) is 0 Å². The molecule has 1 amide bonds. The fourth-order valence-electron chi connectivity index (χ4n) is 2.84. The second-order valence-electron chi connectivity index (χ2n) is 5.86. The van der Waals surface area contributed by atoms with E-state index in [4.69, 9.17) is 4.42 Å². The highest BCUT2D eigenvalue weighted by Crippen LogP contribution is 2.30. The first-order valence-electron chi connectivity index (χ1n) is 7.62. The fraction of sp³-hybridized carbons (Fsp3) is 0.500. The minimum Gasteiger partial charge on any atom is -0.443 e. The highest BCUT2D eigenvalue weighted by atomic mass is 32.1. The summed E-state index contributed by atoms with van der Waals surface area (Å²) in [6.45, 7) is 0.323. The Morgan fingerprint density at radius 2 is 2.23 bits per heavy atom. The number of carbonyl (C=O) groups excluding carboxylic acids is 1. The topological polar surface area (TPSA) is 75.4 Å². The van der Waals surface area contributed by atoms with Gasteiger partial charge in [0.2, 0.25) is 11.8 Å². The molecule has 0 saturated heterocycles. The van der Waals surface area contributed by atoms with Crippen molar-refractivity contribution in [1.82, 2.24) is 10.3 Å². The quantitative estimate of drug-likeness (QED) is 0.887. The molecule has 2 heterocycles. The number of thiophene rings is 1. The fourth-order valence-corrected chi connectivity index (χ4v) is 3.49. The monoisotopic (exact) mass is 320 g/mol. The van der Waals surface area contributed by atoms with E-state index in [1.54, 1.807) is 17.6 Å². The number of oxazole rings is 1. The lowest BCUT2D eigenvalue weighted by atomic mass is 9.82. The van der Waals surface area contributed by atoms with E-state index in [1.165, 1.54) is 0 Å². The maximum Gasteiger partial charge on any atom is 0.236 e. The lowest BCUT2D eigenvalue weighted by Gasteiger charge is -2.31. The minimum absolute atomic E-state index is 0.134. The number of aromatic nitrogens is 1. The normalized spacial score (nSPS) is 17.3. The highest BCUT2D eigenvalue weighted by molar-refractivity contribution is 7.13. The zero-order valence-corrected chi connectivity index (χ0v) is 13.2. The predicted molar refractivity (Wildman–Crippen MR) is 84.3 cm³/mol. The van der Waals surface area contributed by atoms with Crippen LogP contribution in [0.5, 0.6) is 0 Å². The molecule has 0 bridgehead atoms. The summed E-state index contributed by atoms with van der Waals surface area (Å²) in [4.78, 5) is 17.3. The molecular weight excluding hydrogens is 300 g/mol. The number of rotatable bonds is 5. The number of hydrogen-bond acceptors (Lipinski definition) is 5. The lowest BCUT2D eigenvalue weighted by Crippen LogP contribution is -2.38. The maximum absolute atomic E-state index is 12.0. The van der Waals surface area contributed by atoms with Crippen molar-refractivity contribution < 1.29 is 14.3 Å². The van der Waals surface area contributed by atoms with Crippen molar-refractivity contribution in [3.8, 4) is 10.8 Å². The van der Waals surface area contributed by atoms with E-state index in [2.05, 4.69) is 10.3 Å². The van der Waals surface area contributed by atoms with Crippen molar-refractivity contribution >= 4 is 17.2 Å². The summed E-state index contributed by atoms with van der Waals surface area (Å²) in [5.41, 5.74) is -0.138. The predicted octanol–water partition coefficient (Wildman–Crippen LogP) is 3.10. The van der Waals surface area contributed by atoms with Gasteiger partial charge in [0, 0.05) is 0 Å². The average molecular weight is 320 g/mol. The molecule has 1 saturated carbocycles. The van der Waals surface area contributed by atoms with E-state index < -0.39 is 5.60 Å². The summed E-state index contributed by atoms with van der Waals surface area (Å²) in [7, 11) is 0. The number of aliphatic hydroxyl groups is 1. The molecule has 1 aliphatic carbocycles. The van der Waals surface area contributed by atoms with E-state index in [0.29, 0.717) is 31.0 Å². The van der Waals surface area contributed by atoms with Crippen LogP contribution in [0.25, 0.3) is 10.8 Å². The molecule has 2 aromatic heterocycles. The Morgan fingerprint density at radius 1 is 1.41 bits per heavy atom. The second-order valence-corrected chi connectivity index (χ2v) is 6.81. The molecule has 0 spiro atoms. The molecule has 1 fully saturated rings. The molecule has 0 aliphatic heterocycles. The van der Waals surface area contributed by atoms with Crippen molar-refractivity contribution in [2.45, 2.75) is 50.7 Å². The van der Waals surface area contributed by atoms with Crippen LogP contribution < -0.4 is 5.32 Å². The summed E-state index contributed by atoms with van der Waals surface area (Å²) in [5.74, 6) is 0.440. The molecule has 22 heavy (non-hydrogen) atoms. The molecule has 1 aliphatic rings. The van der Waals surface area contributed by atoms with E-state index >= 15 is 0 Å². The third-order valence-electron chi connectivity index (χ3n) is 4.02. The molecule has 0 aromatic carbocycles. The molecule has 118 valence electrons. The Hall–Kier alpha value is -1.66. The van der Waals surface area contributed by atoms with Gasteiger partial charge < -0.3 is 14.8 Å². The molecule has 0 atom stereocenters. The van der Waals surface area contributed by atoms with Crippen LogP contribution in [0.1, 0.15) is 44.2 Å². The Kier molecular flexibility index (Phi) is 4.59. The Balaban J connectivity index is 1.51. The smallest absolute Gasteiger partial charge is 0.236 e. The van der Waals surface area contributed by atoms with Crippen LogP contribution in [0.4, 0.5) is 0 Å². The van der Waals surface area contributed by atoms with Gasteiger partial charge in [-0.25, -0.2) is 4.98 Å². The second kappa shape index (κ2) is 6.62. The Labute approximate surface area is 133 Å². The maximum atomic E-state index is 12.0. The summed E-state index contributed by atoms with van der Waals surface area (Å²) in [6.07, 6.45) is 6.30. The van der Waals surface area contributed by atoms with Crippen molar-refractivity contribution in [2.75, 3.05) is 0 Å². The van der Waals surface area contributed by atoms with E-state index in [9.17, 15) is 9.90 Å². The van der Waals surface area contributed by atoms with Crippen molar-refractivity contribution in [1.29, 1.82) is 0 Å². The van der Waals surface area contributed by atoms with Gasteiger partial charge in [0.25, 0.3) is 0 Å². The lowest BCUT2D eigenvalue weighted by molar-refractivity contribution is -0.127. The SMILES string of the molecule is O=C(CC1(O)CCCCC1)NCc1coc(-c2cccs2)n1. The van der Waals surface area contributed by atoms with Crippen LogP contribution >= 0.6 is 11.3 Å². The third kappa shape index (κ3) is 3.75. The molecule has 2 aromatic rings. The molecule has 2 N–H and O–H groups in total. The molecule has 6 heteroatoms. The number of carbonyl (C=O) groups is 1. The molecule has 5 nitrogen and oxygen atoms in total. The first-order chi connectivity index (χ1) is 10.6. The van der Waals surface area contributed by atoms with Crippen LogP contribution in [-0.4, -0.2) is 21.6 Å². The van der Waals surface area contributed by atoms with Gasteiger partial charge in [0.15, 0.2) is 0 Å². The third-order valence-corrected chi connectivity index (χ3v) is 4.88. The molecule has 3 rings (SSSR count). The standard InChI is InChI=1S/C16H20N2O3S/c19-14(9-16(20)6-2-1-3-7-16)17-10-12-11-21-15(18-12)13-5-4-8-22-13/h4-5,8,11,20H,1-3,6-7,9-10H2,(H,17,19). The van der Waals surface area contributed by atoms with Gasteiger partial charge in [-0.1, -0.05) is 25.3 Å². The molecule has 0 unspecified atom stereocenters. The van der Waals surface area contributed by atoms with E-state index in [-0.39, 0.29) is 12.3 Å². The van der Waals surface area contributed by atoms with Gasteiger partial charge in [0.1, 0.15) is 6.26 Å².